The van der Waals surface area contributed by atoms with Gasteiger partial charge in [-0.15, -0.1) is 0 Å². The number of carbonyl (C=O) groups is 2. The Morgan fingerprint density at radius 1 is 1.38 bits per heavy atom. The van der Waals surface area contributed by atoms with Crippen molar-refractivity contribution in [3.63, 3.8) is 0 Å². The number of rotatable bonds is 3. The lowest BCUT2D eigenvalue weighted by Gasteiger charge is -2.27. The lowest BCUT2D eigenvalue weighted by atomic mass is 10.1. The van der Waals surface area contributed by atoms with E-state index in [-0.39, 0.29) is 6.03 Å². The zero-order valence-electron chi connectivity index (χ0n) is 12.2. The first kappa shape index (κ1) is 15.3. The molecule has 2 heterocycles. The summed E-state index contributed by atoms with van der Waals surface area (Å²) in [4.78, 5) is 29.3. The van der Waals surface area contributed by atoms with Crippen molar-refractivity contribution in [3.05, 3.63) is 29.6 Å². The Morgan fingerprint density at radius 3 is 2.90 bits per heavy atom. The van der Waals surface area contributed by atoms with Gasteiger partial charge in [-0.3, -0.25) is 4.98 Å². The number of amides is 2. The Balaban J connectivity index is 1.98. The molecular weight excluding hydrogens is 270 g/mol. The lowest BCUT2D eigenvalue weighted by molar-refractivity contribution is -0.142. The van der Waals surface area contributed by atoms with Gasteiger partial charge < -0.3 is 15.3 Å². The number of aromatic nitrogens is 1. The molecule has 0 radical (unpaired) electrons. The molecule has 1 fully saturated rings. The van der Waals surface area contributed by atoms with E-state index in [0.29, 0.717) is 19.5 Å². The molecule has 1 aliphatic heterocycles. The SMILES string of the molecule is Cc1cccc(CNC(=O)N2CCCCCC2C(=O)O)n1. The van der Waals surface area contributed by atoms with E-state index in [0.717, 1.165) is 30.7 Å². The van der Waals surface area contributed by atoms with Crippen LogP contribution in [-0.4, -0.2) is 39.6 Å². The highest BCUT2D eigenvalue weighted by Crippen LogP contribution is 2.17. The molecule has 6 nitrogen and oxygen atoms in total. The van der Waals surface area contributed by atoms with Crippen LogP contribution >= 0.6 is 0 Å². The molecule has 0 spiro atoms. The van der Waals surface area contributed by atoms with Gasteiger partial charge in [-0.25, -0.2) is 9.59 Å². The molecule has 2 amide bonds. The quantitative estimate of drug-likeness (QED) is 0.891. The Kier molecular flexibility index (Phi) is 5.14. The molecule has 2 N–H and O–H groups in total. The molecule has 1 atom stereocenters. The zero-order valence-corrected chi connectivity index (χ0v) is 12.2. The van der Waals surface area contributed by atoms with E-state index < -0.39 is 12.0 Å². The molecular formula is C15H21N3O3. The van der Waals surface area contributed by atoms with Crippen molar-refractivity contribution in [1.29, 1.82) is 0 Å². The van der Waals surface area contributed by atoms with Gasteiger partial charge in [0.05, 0.1) is 12.2 Å². The van der Waals surface area contributed by atoms with Gasteiger partial charge in [0.2, 0.25) is 0 Å². The first-order chi connectivity index (χ1) is 10.1. The number of aryl methyl sites for hydroxylation is 1. The number of hydrogen-bond acceptors (Lipinski definition) is 3. The molecule has 1 unspecified atom stereocenters. The average molecular weight is 291 g/mol. The van der Waals surface area contributed by atoms with Crippen molar-refractivity contribution in [1.82, 2.24) is 15.2 Å². The van der Waals surface area contributed by atoms with Crippen molar-refractivity contribution in [2.24, 2.45) is 0 Å². The van der Waals surface area contributed by atoms with Gasteiger partial charge in [0.1, 0.15) is 6.04 Å². The highest BCUT2D eigenvalue weighted by atomic mass is 16.4. The number of carboxylic acids is 1. The van der Waals surface area contributed by atoms with Gasteiger partial charge >= 0.3 is 12.0 Å². The van der Waals surface area contributed by atoms with Gasteiger partial charge in [0.15, 0.2) is 0 Å². The van der Waals surface area contributed by atoms with Crippen LogP contribution in [-0.2, 0) is 11.3 Å². The summed E-state index contributed by atoms with van der Waals surface area (Å²) in [6.45, 7) is 2.69. The number of nitrogens with zero attached hydrogens (tertiary/aromatic N) is 2. The first-order valence-electron chi connectivity index (χ1n) is 7.28. The van der Waals surface area contributed by atoms with Gasteiger partial charge in [0.25, 0.3) is 0 Å². The van der Waals surface area contributed by atoms with E-state index in [2.05, 4.69) is 10.3 Å². The number of hydrogen-bond donors (Lipinski definition) is 2. The molecule has 2 rings (SSSR count). The van der Waals surface area contributed by atoms with Crippen LogP contribution in [0.3, 0.4) is 0 Å². The number of nitrogens with one attached hydrogen (secondary N) is 1. The second kappa shape index (κ2) is 7.06. The molecule has 6 heteroatoms. The number of urea groups is 1. The van der Waals surface area contributed by atoms with Gasteiger partial charge in [-0.05, 0) is 31.9 Å². The van der Waals surface area contributed by atoms with Gasteiger partial charge in [-0.2, -0.15) is 0 Å². The third kappa shape index (κ3) is 4.18. The van der Waals surface area contributed by atoms with E-state index in [9.17, 15) is 14.7 Å². The van der Waals surface area contributed by atoms with Crippen LogP contribution in [0.2, 0.25) is 0 Å². The van der Waals surface area contributed by atoms with E-state index in [1.54, 1.807) is 0 Å². The average Bonchev–Trinajstić information content (AvgIpc) is 2.70. The van der Waals surface area contributed by atoms with Crippen molar-refractivity contribution < 1.29 is 14.7 Å². The standard InChI is InChI=1S/C15H21N3O3/c1-11-6-5-7-12(17-11)10-16-15(21)18-9-4-2-3-8-13(18)14(19)20/h5-7,13H,2-4,8-10H2,1H3,(H,16,21)(H,19,20). The fourth-order valence-corrected chi connectivity index (χ4v) is 2.57. The summed E-state index contributed by atoms with van der Waals surface area (Å²) < 4.78 is 0. The maximum atomic E-state index is 12.2. The van der Waals surface area contributed by atoms with Gasteiger partial charge in [-0.1, -0.05) is 18.9 Å². The predicted octanol–water partition coefficient (Wildman–Crippen LogP) is 1.93. The smallest absolute Gasteiger partial charge is 0.326 e. The molecule has 1 aromatic rings. The Morgan fingerprint density at radius 2 is 2.19 bits per heavy atom. The summed E-state index contributed by atoms with van der Waals surface area (Å²) in [7, 11) is 0. The molecule has 1 aliphatic rings. The number of pyridine rings is 1. The molecule has 0 saturated carbocycles. The highest BCUT2D eigenvalue weighted by molar-refractivity contribution is 5.82. The maximum absolute atomic E-state index is 12.2. The fourth-order valence-electron chi connectivity index (χ4n) is 2.57. The second-order valence-electron chi connectivity index (χ2n) is 5.33. The number of carboxylic acid groups (broad SMARTS) is 1. The minimum atomic E-state index is -0.930. The summed E-state index contributed by atoms with van der Waals surface area (Å²) in [6.07, 6.45) is 3.18. The summed E-state index contributed by atoms with van der Waals surface area (Å²) in [6, 6.07) is 4.56. The largest absolute Gasteiger partial charge is 0.480 e. The molecule has 1 saturated heterocycles. The monoisotopic (exact) mass is 291 g/mol. The normalized spacial score (nSPS) is 18.9. The van der Waals surface area contributed by atoms with Crippen molar-refractivity contribution in [2.45, 2.75) is 45.2 Å². The van der Waals surface area contributed by atoms with E-state index in [1.165, 1.54) is 4.90 Å². The zero-order chi connectivity index (χ0) is 15.2. The molecule has 0 aromatic carbocycles. The van der Waals surface area contributed by atoms with Crippen molar-refractivity contribution in [3.8, 4) is 0 Å². The fraction of sp³-hybridized carbons (Fsp3) is 0.533. The summed E-state index contributed by atoms with van der Waals surface area (Å²) in [5.74, 6) is -0.930. The number of likely N-dealkylation sites (tertiary alicyclic amines) is 1. The summed E-state index contributed by atoms with van der Waals surface area (Å²) >= 11 is 0. The first-order valence-corrected chi connectivity index (χ1v) is 7.28. The Hall–Kier alpha value is -2.11. The summed E-state index contributed by atoms with van der Waals surface area (Å²) in [5.41, 5.74) is 1.66. The maximum Gasteiger partial charge on any atom is 0.326 e. The van der Waals surface area contributed by atoms with Crippen LogP contribution in [0.15, 0.2) is 18.2 Å². The van der Waals surface area contributed by atoms with Crippen LogP contribution < -0.4 is 5.32 Å². The van der Waals surface area contributed by atoms with Gasteiger partial charge in [0, 0.05) is 12.2 Å². The highest BCUT2D eigenvalue weighted by Gasteiger charge is 2.30. The van der Waals surface area contributed by atoms with E-state index >= 15 is 0 Å². The lowest BCUT2D eigenvalue weighted by Crippen LogP contribution is -2.49. The topological polar surface area (TPSA) is 82.5 Å². The molecule has 21 heavy (non-hydrogen) atoms. The van der Waals surface area contributed by atoms with Crippen LogP contribution in [0, 0.1) is 6.92 Å². The summed E-state index contributed by atoms with van der Waals surface area (Å²) in [5, 5.41) is 12.0. The van der Waals surface area contributed by atoms with Crippen LogP contribution in [0.25, 0.3) is 0 Å². The van der Waals surface area contributed by atoms with Crippen LogP contribution in [0.1, 0.15) is 37.1 Å². The Labute approximate surface area is 124 Å². The third-order valence-electron chi connectivity index (χ3n) is 3.67. The number of carbonyl (C=O) groups excluding carboxylic acids is 1. The van der Waals surface area contributed by atoms with Crippen LogP contribution in [0.4, 0.5) is 4.79 Å². The molecule has 114 valence electrons. The minimum absolute atomic E-state index is 0.309. The molecule has 0 aliphatic carbocycles. The van der Waals surface area contributed by atoms with Crippen molar-refractivity contribution >= 4 is 12.0 Å². The van der Waals surface area contributed by atoms with Crippen molar-refractivity contribution in [2.75, 3.05) is 6.54 Å². The molecule has 0 bridgehead atoms. The Bertz CT molecular complexity index is 519. The van der Waals surface area contributed by atoms with E-state index in [1.807, 2.05) is 25.1 Å². The minimum Gasteiger partial charge on any atom is -0.480 e. The van der Waals surface area contributed by atoms with E-state index in [4.69, 9.17) is 0 Å². The molecule has 1 aromatic heterocycles. The third-order valence-corrected chi connectivity index (χ3v) is 3.67. The van der Waals surface area contributed by atoms with Crippen LogP contribution in [0.5, 0.6) is 0 Å². The predicted molar refractivity (Wildman–Crippen MR) is 77.8 cm³/mol. The number of aliphatic carboxylic acids is 1. The second-order valence-corrected chi connectivity index (χ2v) is 5.33.